The molecule has 0 aliphatic heterocycles. The van der Waals surface area contributed by atoms with Crippen LogP contribution in [0.1, 0.15) is 43.2 Å². The highest BCUT2D eigenvalue weighted by Crippen LogP contribution is 2.33. The summed E-state index contributed by atoms with van der Waals surface area (Å²) in [5, 5.41) is 2.51. The number of amides is 1. The third-order valence-corrected chi connectivity index (χ3v) is 7.60. The summed E-state index contributed by atoms with van der Waals surface area (Å²) in [7, 11) is -2.70. The smallest absolute Gasteiger partial charge is 0.416 e. The van der Waals surface area contributed by atoms with Crippen LogP contribution in [0.3, 0.4) is 0 Å². The lowest BCUT2D eigenvalue weighted by Crippen LogP contribution is -2.45. The van der Waals surface area contributed by atoms with Crippen molar-refractivity contribution in [3.05, 3.63) is 53.6 Å². The van der Waals surface area contributed by atoms with Gasteiger partial charge in [0.1, 0.15) is 10.6 Å². The van der Waals surface area contributed by atoms with Crippen LogP contribution in [0.5, 0.6) is 5.75 Å². The third-order valence-electron chi connectivity index (χ3n) is 5.68. The van der Waals surface area contributed by atoms with Gasteiger partial charge in [-0.25, -0.2) is 8.42 Å². The molecule has 6 nitrogen and oxygen atoms in total. The molecule has 0 spiro atoms. The molecule has 33 heavy (non-hydrogen) atoms. The van der Waals surface area contributed by atoms with Gasteiger partial charge in [0.25, 0.3) is 0 Å². The molecule has 0 radical (unpaired) electrons. The van der Waals surface area contributed by atoms with E-state index < -0.39 is 34.2 Å². The predicted octanol–water partition coefficient (Wildman–Crippen LogP) is 4.98. The van der Waals surface area contributed by atoms with Crippen LogP contribution in [0.4, 0.5) is 18.9 Å². The SMILES string of the molecule is COc1ccc(C)cc1S(=O)(=O)N(CC(=O)Nc1ccc(C(F)(F)F)cc1)C1CCCCC1. The van der Waals surface area contributed by atoms with E-state index in [1.807, 2.05) is 0 Å². The van der Waals surface area contributed by atoms with Gasteiger partial charge in [-0.1, -0.05) is 25.3 Å². The van der Waals surface area contributed by atoms with Gasteiger partial charge in [0.2, 0.25) is 15.9 Å². The number of aryl methyl sites for hydroxylation is 1. The van der Waals surface area contributed by atoms with Crippen LogP contribution in [-0.4, -0.2) is 38.3 Å². The number of nitrogens with zero attached hydrogens (tertiary/aromatic N) is 1. The molecule has 3 rings (SSSR count). The zero-order valence-corrected chi connectivity index (χ0v) is 19.3. The van der Waals surface area contributed by atoms with Gasteiger partial charge >= 0.3 is 6.18 Å². The second-order valence-corrected chi connectivity index (χ2v) is 9.98. The Morgan fingerprint density at radius 2 is 1.73 bits per heavy atom. The van der Waals surface area contributed by atoms with E-state index in [0.717, 1.165) is 49.1 Å². The van der Waals surface area contributed by atoms with Gasteiger partial charge in [0, 0.05) is 11.7 Å². The first kappa shape index (κ1) is 25.0. The normalized spacial score (nSPS) is 15.5. The lowest BCUT2D eigenvalue weighted by Gasteiger charge is -2.33. The van der Waals surface area contributed by atoms with Gasteiger partial charge < -0.3 is 10.1 Å². The van der Waals surface area contributed by atoms with Gasteiger partial charge in [0.15, 0.2) is 0 Å². The molecule has 1 N–H and O–H groups in total. The van der Waals surface area contributed by atoms with E-state index in [2.05, 4.69) is 5.32 Å². The number of nitrogens with one attached hydrogen (secondary N) is 1. The van der Waals surface area contributed by atoms with Gasteiger partial charge in [-0.05, 0) is 61.7 Å². The van der Waals surface area contributed by atoms with E-state index in [9.17, 15) is 26.4 Å². The maximum atomic E-state index is 13.6. The quantitative estimate of drug-likeness (QED) is 0.601. The highest BCUT2D eigenvalue weighted by Gasteiger charge is 2.36. The Morgan fingerprint density at radius 3 is 2.30 bits per heavy atom. The predicted molar refractivity (Wildman–Crippen MR) is 119 cm³/mol. The molecule has 1 amide bonds. The van der Waals surface area contributed by atoms with Crippen molar-refractivity contribution >= 4 is 21.6 Å². The number of ether oxygens (including phenoxy) is 1. The van der Waals surface area contributed by atoms with Crippen molar-refractivity contribution in [3.8, 4) is 5.75 Å². The first-order valence-electron chi connectivity index (χ1n) is 10.7. The Balaban J connectivity index is 1.87. The topological polar surface area (TPSA) is 75.7 Å². The maximum Gasteiger partial charge on any atom is 0.416 e. The lowest BCUT2D eigenvalue weighted by atomic mass is 9.95. The molecule has 10 heteroatoms. The summed E-state index contributed by atoms with van der Waals surface area (Å²) < 4.78 is 72.1. The van der Waals surface area contributed by atoms with Crippen LogP contribution < -0.4 is 10.1 Å². The highest BCUT2D eigenvalue weighted by atomic mass is 32.2. The van der Waals surface area contributed by atoms with E-state index in [4.69, 9.17) is 4.74 Å². The minimum atomic E-state index is -4.48. The van der Waals surface area contributed by atoms with Crippen molar-refractivity contribution in [2.24, 2.45) is 0 Å². The molecule has 2 aromatic carbocycles. The fraction of sp³-hybridized carbons (Fsp3) is 0.435. The van der Waals surface area contributed by atoms with Crippen molar-refractivity contribution in [1.82, 2.24) is 4.31 Å². The zero-order valence-electron chi connectivity index (χ0n) is 18.5. The molecular formula is C23H27F3N2O4S. The first-order valence-corrected chi connectivity index (χ1v) is 12.1. The van der Waals surface area contributed by atoms with Gasteiger partial charge in [0.05, 0.1) is 19.2 Å². The fourth-order valence-corrected chi connectivity index (χ4v) is 5.86. The molecule has 1 fully saturated rings. The number of benzene rings is 2. The number of alkyl halides is 3. The van der Waals surface area contributed by atoms with Gasteiger partial charge in [-0.2, -0.15) is 17.5 Å². The van der Waals surface area contributed by atoms with Crippen LogP contribution in [0.25, 0.3) is 0 Å². The molecule has 0 saturated heterocycles. The number of methoxy groups -OCH3 is 1. The molecule has 180 valence electrons. The van der Waals surface area contributed by atoms with Crippen LogP contribution in [-0.2, 0) is 21.0 Å². The van der Waals surface area contributed by atoms with Crippen LogP contribution in [0.2, 0.25) is 0 Å². The monoisotopic (exact) mass is 484 g/mol. The number of rotatable bonds is 7. The molecule has 0 atom stereocenters. The number of carbonyl (C=O) groups is 1. The molecular weight excluding hydrogens is 457 g/mol. The largest absolute Gasteiger partial charge is 0.495 e. The Bertz CT molecular complexity index is 1080. The van der Waals surface area contributed by atoms with E-state index in [-0.39, 0.29) is 22.4 Å². The fourth-order valence-electron chi connectivity index (χ4n) is 3.98. The number of hydrogen-bond donors (Lipinski definition) is 1. The minimum Gasteiger partial charge on any atom is -0.495 e. The summed E-state index contributed by atoms with van der Waals surface area (Å²) >= 11 is 0. The van der Waals surface area contributed by atoms with Gasteiger partial charge in [-0.3, -0.25) is 4.79 Å². The number of anilines is 1. The Kier molecular flexibility index (Phi) is 7.69. The molecule has 0 unspecified atom stereocenters. The maximum absolute atomic E-state index is 13.6. The Hall–Kier alpha value is -2.59. The number of halogens is 3. The van der Waals surface area contributed by atoms with E-state index >= 15 is 0 Å². The molecule has 0 heterocycles. The first-order chi connectivity index (χ1) is 15.5. The molecule has 1 aliphatic rings. The molecule has 2 aromatic rings. The molecule has 1 aliphatic carbocycles. The lowest BCUT2D eigenvalue weighted by molar-refractivity contribution is -0.137. The van der Waals surface area contributed by atoms with Crippen LogP contribution >= 0.6 is 0 Å². The Labute approximate surface area is 191 Å². The average Bonchev–Trinajstić information content (AvgIpc) is 2.77. The summed E-state index contributed by atoms with van der Waals surface area (Å²) in [4.78, 5) is 12.8. The van der Waals surface area contributed by atoms with E-state index in [1.165, 1.54) is 17.5 Å². The van der Waals surface area contributed by atoms with Crippen molar-refractivity contribution in [3.63, 3.8) is 0 Å². The number of carbonyl (C=O) groups excluding carboxylic acids is 1. The van der Waals surface area contributed by atoms with Crippen LogP contribution in [0, 0.1) is 6.92 Å². The van der Waals surface area contributed by atoms with Crippen LogP contribution in [0.15, 0.2) is 47.4 Å². The van der Waals surface area contributed by atoms with Crippen molar-refractivity contribution in [2.75, 3.05) is 19.0 Å². The van der Waals surface area contributed by atoms with Crippen molar-refractivity contribution in [2.45, 2.75) is 56.1 Å². The summed E-state index contributed by atoms with van der Waals surface area (Å²) in [6.07, 6.45) is -0.538. The summed E-state index contributed by atoms with van der Waals surface area (Å²) in [6, 6.07) is 8.48. The zero-order chi connectivity index (χ0) is 24.2. The second-order valence-electron chi connectivity index (χ2n) is 8.12. The van der Waals surface area contributed by atoms with E-state index in [1.54, 1.807) is 19.1 Å². The molecule has 0 bridgehead atoms. The van der Waals surface area contributed by atoms with Gasteiger partial charge in [-0.15, -0.1) is 0 Å². The van der Waals surface area contributed by atoms with E-state index in [0.29, 0.717) is 12.8 Å². The standard InChI is InChI=1S/C23H27F3N2O4S/c1-16-8-13-20(32-2)21(14-16)33(30,31)28(19-6-4-3-5-7-19)15-22(29)27-18-11-9-17(10-12-18)23(24,25)26/h8-14,19H,3-7,15H2,1-2H3,(H,27,29). The summed E-state index contributed by atoms with van der Waals surface area (Å²) in [5.74, 6) is -0.444. The number of sulfonamides is 1. The second kappa shape index (κ2) is 10.1. The molecule has 1 saturated carbocycles. The average molecular weight is 485 g/mol. The Morgan fingerprint density at radius 1 is 1.09 bits per heavy atom. The third kappa shape index (κ3) is 6.05. The van der Waals surface area contributed by atoms with Crippen molar-refractivity contribution < 1.29 is 31.1 Å². The van der Waals surface area contributed by atoms with Crippen molar-refractivity contribution in [1.29, 1.82) is 0 Å². The highest BCUT2D eigenvalue weighted by molar-refractivity contribution is 7.89. The minimum absolute atomic E-state index is 0.0158. The summed E-state index contributed by atoms with van der Waals surface area (Å²) in [5.41, 5.74) is 0.0488. The molecule has 0 aromatic heterocycles. The summed E-state index contributed by atoms with van der Waals surface area (Å²) in [6.45, 7) is 1.31. The number of hydrogen-bond acceptors (Lipinski definition) is 4.